The Balaban J connectivity index is 2.60. The lowest BCUT2D eigenvalue weighted by Gasteiger charge is -2.07. The third-order valence-corrected chi connectivity index (χ3v) is 2.71. The summed E-state index contributed by atoms with van der Waals surface area (Å²) in [6.07, 6.45) is 0. The highest BCUT2D eigenvalue weighted by molar-refractivity contribution is 6.30. The van der Waals surface area contributed by atoms with E-state index in [9.17, 15) is 9.18 Å². The van der Waals surface area contributed by atoms with E-state index in [0.29, 0.717) is 17.1 Å². The van der Waals surface area contributed by atoms with E-state index in [1.165, 1.54) is 18.2 Å². The molecule has 1 aromatic heterocycles. The predicted octanol–water partition coefficient (Wildman–Crippen LogP) is 3.35. The first-order valence-corrected chi connectivity index (χ1v) is 5.91. The van der Waals surface area contributed by atoms with E-state index in [-0.39, 0.29) is 16.5 Å². The minimum absolute atomic E-state index is 0.120. The van der Waals surface area contributed by atoms with Crippen LogP contribution in [0, 0.1) is 5.82 Å². The van der Waals surface area contributed by atoms with E-state index in [4.69, 9.17) is 11.6 Å². The van der Waals surface area contributed by atoms with Gasteiger partial charge in [-0.25, -0.2) is 9.37 Å². The molecule has 94 valence electrons. The van der Waals surface area contributed by atoms with Crippen LogP contribution in [-0.4, -0.2) is 9.97 Å². The third kappa shape index (κ3) is 2.76. The van der Waals surface area contributed by atoms with Crippen LogP contribution < -0.4 is 5.56 Å². The van der Waals surface area contributed by atoms with Gasteiger partial charge in [0.1, 0.15) is 11.6 Å². The maximum Gasteiger partial charge on any atom is 0.251 e. The van der Waals surface area contributed by atoms with E-state index in [0.717, 1.165) is 0 Å². The number of nitrogens with one attached hydrogen (secondary N) is 1. The summed E-state index contributed by atoms with van der Waals surface area (Å²) in [5, 5.41) is 0.266. The Morgan fingerprint density at radius 1 is 1.28 bits per heavy atom. The molecule has 0 spiro atoms. The number of hydrogen-bond acceptors (Lipinski definition) is 2. The lowest BCUT2D eigenvalue weighted by molar-refractivity contribution is 0.628. The average molecular weight is 267 g/mol. The van der Waals surface area contributed by atoms with E-state index < -0.39 is 5.82 Å². The molecule has 0 bridgehead atoms. The zero-order valence-corrected chi connectivity index (χ0v) is 10.8. The van der Waals surface area contributed by atoms with Crippen molar-refractivity contribution >= 4 is 11.6 Å². The molecule has 2 aromatic rings. The molecule has 1 aromatic carbocycles. The minimum Gasteiger partial charge on any atom is -0.307 e. The van der Waals surface area contributed by atoms with Crippen LogP contribution in [0.1, 0.15) is 25.5 Å². The van der Waals surface area contributed by atoms with Crippen LogP contribution in [0.5, 0.6) is 0 Å². The van der Waals surface area contributed by atoms with Gasteiger partial charge >= 0.3 is 0 Å². The molecule has 0 aliphatic carbocycles. The van der Waals surface area contributed by atoms with Gasteiger partial charge in [-0.2, -0.15) is 0 Å². The SMILES string of the molecule is CC(C)c1cc(=O)[nH]c(-c2cc(F)cc(Cl)c2)n1. The van der Waals surface area contributed by atoms with E-state index >= 15 is 0 Å². The number of hydrogen-bond donors (Lipinski definition) is 1. The van der Waals surface area contributed by atoms with Crippen LogP contribution in [0.25, 0.3) is 11.4 Å². The molecule has 0 unspecified atom stereocenters. The van der Waals surface area contributed by atoms with Gasteiger partial charge in [-0.1, -0.05) is 25.4 Å². The van der Waals surface area contributed by atoms with Crippen molar-refractivity contribution in [3.8, 4) is 11.4 Å². The molecular formula is C13H12ClFN2O. The maximum atomic E-state index is 13.3. The molecule has 0 aliphatic heterocycles. The monoisotopic (exact) mass is 266 g/mol. The zero-order chi connectivity index (χ0) is 13.3. The van der Waals surface area contributed by atoms with Crippen molar-refractivity contribution in [3.05, 3.63) is 51.2 Å². The Bertz CT molecular complexity index is 617. The summed E-state index contributed by atoms with van der Waals surface area (Å²) >= 11 is 5.78. The van der Waals surface area contributed by atoms with Gasteiger partial charge < -0.3 is 4.98 Å². The zero-order valence-electron chi connectivity index (χ0n) is 10.00. The number of aromatic amines is 1. The van der Waals surface area contributed by atoms with Gasteiger partial charge in [0.2, 0.25) is 0 Å². The number of aromatic nitrogens is 2. The highest BCUT2D eigenvalue weighted by Crippen LogP contribution is 2.22. The molecule has 1 N–H and O–H groups in total. The van der Waals surface area contributed by atoms with Gasteiger partial charge in [0, 0.05) is 16.7 Å². The van der Waals surface area contributed by atoms with Crippen molar-refractivity contribution in [2.75, 3.05) is 0 Å². The summed E-state index contributed by atoms with van der Waals surface area (Å²) in [4.78, 5) is 18.4. The van der Waals surface area contributed by atoms with E-state index in [1.807, 2.05) is 13.8 Å². The second-order valence-electron chi connectivity index (χ2n) is 4.33. The Kier molecular flexibility index (Phi) is 3.48. The molecule has 0 aliphatic rings. The van der Waals surface area contributed by atoms with Crippen LogP contribution >= 0.6 is 11.6 Å². The van der Waals surface area contributed by atoms with Crippen molar-refractivity contribution < 1.29 is 4.39 Å². The van der Waals surface area contributed by atoms with Gasteiger partial charge in [-0.3, -0.25) is 4.79 Å². The number of rotatable bonds is 2. The molecule has 0 saturated carbocycles. The lowest BCUT2D eigenvalue weighted by atomic mass is 10.1. The molecule has 0 saturated heterocycles. The summed E-state index contributed by atoms with van der Waals surface area (Å²) in [5.41, 5.74) is 0.859. The fourth-order valence-corrected chi connectivity index (χ4v) is 1.82. The molecule has 5 heteroatoms. The molecule has 1 heterocycles. The van der Waals surface area contributed by atoms with Crippen LogP contribution in [0.15, 0.2) is 29.1 Å². The molecule has 0 fully saturated rings. The fraction of sp³-hybridized carbons (Fsp3) is 0.231. The number of nitrogens with zero attached hydrogens (tertiary/aromatic N) is 1. The normalized spacial score (nSPS) is 10.9. The van der Waals surface area contributed by atoms with Crippen molar-refractivity contribution in [3.63, 3.8) is 0 Å². The van der Waals surface area contributed by atoms with Crippen molar-refractivity contribution in [2.45, 2.75) is 19.8 Å². The van der Waals surface area contributed by atoms with Gasteiger partial charge in [-0.05, 0) is 24.1 Å². The van der Waals surface area contributed by atoms with Crippen LogP contribution in [-0.2, 0) is 0 Å². The van der Waals surface area contributed by atoms with Crippen LogP contribution in [0.3, 0.4) is 0 Å². The molecule has 0 amide bonds. The Morgan fingerprint density at radius 2 is 2.00 bits per heavy atom. The Labute approximate surface area is 109 Å². The van der Waals surface area contributed by atoms with Crippen LogP contribution in [0.4, 0.5) is 4.39 Å². The Hall–Kier alpha value is -1.68. The van der Waals surface area contributed by atoms with Gasteiger partial charge in [0.05, 0.1) is 5.69 Å². The van der Waals surface area contributed by atoms with Crippen LogP contribution in [0.2, 0.25) is 5.02 Å². The number of halogens is 2. The predicted molar refractivity (Wildman–Crippen MR) is 69.4 cm³/mol. The summed E-state index contributed by atoms with van der Waals surface area (Å²) in [6.45, 7) is 3.87. The maximum absolute atomic E-state index is 13.3. The summed E-state index contributed by atoms with van der Waals surface area (Å²) in [7, 11) is 0. The molecule has 2 rings (SSSR count). The second kappa shape index (κ2) is 4.90. The number of benzene rings is 1. The highest BCUT2D eigenvalue weighted by Gasteiger charge is 2.08. The first kappa shape index (κ1) is 12.8. The molecule has 0 atom stereocenters. The lowest BCUT2D eigenvalue weighted by Crippen LogP contribution is -2.11. The average Bonchev–Trinajstić information content (AvgIpc) is 2.26. The fourth-order valence-electron chi connectivity index (χ4n) is 1.60. The molecule has 0 radical (unpaired) electrons. The van der Waals surface area contributed by atoms with E-state index in [1.54, 1.807) is 6.07 Å². The quantitative estimate of drug-likeness (QED) is 0.906. The summed E-state index contributed by atoms with van der Waals surface area (Å²) in [5.74, 6) is -0.0159. The Morgan fingerprint density at radius 3 is 2.61 bits per heavy atom. The first-order valence-electron chi connectivity index (χ1n) is 5.53. The van der Waals surface area contributed by atoms with Gasteiger partial charge in [-0.15, -0.1) is 0 Å². The van der Waals surface area contributed by atoms with Gasteiger partial charge in [0.15, 0.2) is 0 Å². The number of H-pyrrole nitrogens is 1. The summed E-state index contributed by atoms with van der Waals surface area (Å²) < 4.78 is 13.3. The first-order chi connectivity index (χ1) is 8.45. The molecule has 18 heavy (non-hydrogen) atoms. The largest absolute Gasteiger partial charge is 0.307 e. The smallest absolute Gasteiger partial charge is 0.251 e. The molecular weight excluding hydrogens is 255 g/mol. The van der Waals surface area contributed by atoms with E-state index in [2.05, 4.69) is 9.97 Å². The minimum atomic E-state index is -0.463. The third-order valence-electron chi connectivity index (χ3n) is 2.49. The van der Waals surface area contributed by atoms with Crippen molar-refractivity contribution in [1.82, 2.24) is 9.97 Å². The van der Waals surface area contributed by atoms with Gasteiger partial charge in [0.25, 0.3) is 5.56 Å². The van der Waals surface area contributed by atoms with Crippen molar-refractivity contribution in [2.24, 2.45) is 0 Å². The molecule has 3 nitrogen and oxygen atoms in total. The van der Waals surface area contributed by atoms with Crippen molar-refractivity contribution in [1.29, 1.82) is 0 Å². The second-order valence-corrected chi connectivity index (χ2v) is 4.77. The topological polar surface area (TPSA) is 45.8 Å². The summed E-state index contributed by atoms with van der Waals surface area (Å²) in [6, 6.07) is 5.49. The highest BCUT2D eigenvalue weighted by atomic mass is 35.5. The standard InChI is InChI=1S/C13H12ClFN2O/c1-7(2)11-6-12(18)17-13(16-11)8-3-9(14)5-10(15)4-8/h3-7H,1-2H3,(H,16,17,18).